The van der Waals surface area contributed by atoms with E-state index in [4.69, 9.17) is 9.47 Å². The summed E-state index contributed by atoms with van der Waals surface area (Å²) < 4.78 is 11.1. The second-order valence-electron chi connectivity index (χ2n) is 6.53. The van der Waals surface area contributed by atoms with Gasteiger partial charge in [-0.25, -0.2) is 0 Å². The summed E-state index contributed by atoms with van der Waals surface area (Å²) in [7, 11) is 1.61. The average molecular weight is 330 g/mol. The molecule has 2 aliphatic heterocycles. The highest BCUT2D eigenvalue weighted by Crippen LogP contribution is 2.28. The molecule has 0 aromatic heterocycles. The molecule has 5 nitrogen and oxygen atoms in total. The molecule has 0 spiro atoms. The molecule has 2 saturated heterocycles. The Morgan fingerprint density at radius 3 is 2.96 bits per heavy atom. The first-order valence-electron chi connectivity index (χ1n) is 8.64. The number of hydrogen-bond acceptors (Lipinski definition) is 4. The Kier molecular flexibility index (Phi) is 5.41. The van der Waals surface area contributed by atoms with Crippen molar-refractivity contribution in [2.75, 3.05) is 26.8 Å². The van der Waals surface area contributed by atoms with E-state index in [9.17, 15) is 4.79 Å². The summed E-state index contributed by atoms with van der Waals surface area (Å²) in [6, 6.07) is 6.77. The highest BCUT2D eigenvalue weighted by atomic mass is 16.5. The number of ether oxygens (including phenoxy) is 2. The van der Waals surface area contributed by atoms with Crippen LogP contribution >= 0.6 is 0 Å². The van der Waals surface area contributed by atoms with Crippen LogP contribution in [0.1, 0.15) is 24.8 Å². The molecular weight excluding hydrogens is 304 g/mol. The fraction of sp³-hybridized carbons (Fsp3) is 0.526. The number of rotatable bonds is 6. The molecule has 1 N–H and O–H groups in total. The Morgan fingerprint density at radius 2 is 2.17 bits per heavy atom. The van der Waals surface area contributed by atoms with E-state index in [-0.39, 0.29) is 12.5 Å². The first-order valence-corrected chi connectivity index (χ1v) is 8.64. The SMILES string of the molecule is C=CCc1ccc(OCC(=O)N2CCC3CCC(C2)N3)c(OC)c1. The van der Waals surface area contributed by atoms with Crippen LogP contribution < -0.4 is 14.8 Å². The van der Waals surface area contributed by atoms with E-state index in [0.29, 0.717) is 23.6 Å². The number of benzene rings is 1. The average Bonchev–Trinajstić information content (AvgIpc) is 2.92. The Balaban J connectivity index is 1.58. The van der Waals surface area contributed by atoms with Gasteiger partial charge in [0.1, 0.15) is 0 Å². The zero-order chi connectivity index (χ0) is 16.9. The predicted octanol–water partition coefficient (Wildman–Crippen LogP) is 2.16. The fourth-order valence-electron chi connectivity index (χ4n) is 3.53. The molecular formula is C19H26N2O3. The summed E-state index contributed by atoms with van der Waals surface area (Å²) in [6.07, 6.45) is 6.05. The summed E-state index contributed by atoms with van der Waals surface area (Å²) in [6.45, 7) is 5.39. The van der Waals surface area contributed by atoms with Crippen LogP contribution in [0.3, 0.4) is 0 Å². The van der Waals surface area contributed by atoms with E-state index in [2.05, 4.69) is 11.9 Å². The zero-order valence-electron chi connectivity index (χ0n) is 14.3. The van der Waals surface area contributed by atoms with Gasteiger partial charge in [-0.3, -0.25) is 4.79 Å². The second kappa shape index (κ2) is 7.71. The van der Waals surface area contributed by atoms with Gasteiger partial charge >= 0.3 is 0 Å². The van der Waals surface area contributed by atoms with Gasteiger partial charge in [0.2, 0.25) is 0 Å². The standard InChI is InChI=1S/C19H26N2O3/c1-3-4-14-5-8-17(18(11-14)23-2)24-13-19(22)21-10-9-15-6-7-16(12-21)20-15/h3,5,8,11,15-16,20H,1,4,6-7,9-10,12-13H2,2H3. The molecule has 0 radical (unpaired) electrons. The normalized spacial score (nSPS) is 22.8. The van der Waals surface area contributed by atoms with Crippen LogP contribution in [0.15, 0.2) is 30.9 Å². The molecule has 1 aromatic carbocycles. The number of carbonyl (C=O) groups is 1. The lowest BCUT2D eigenvalue weighted by Gasteiger charge is -2.24. The number of methoxy groups -OCH3 is 1. The van der Waals surface area contributed by atoms with Crippen molar-refractivity contribution in [1.29, 1.82) is 0 Å². The van der Waals surface area contributed by atoms with E-state index in [1.807, 2.05) is 29.2 Å². The van der Waals surface area contributed by atoms with Crippen LogP contribution in [0.5, 0.6) is 11.5 Å². The van der Waals surface area contributed by atoms with Gasteiger partial charge in [0.25, 0.3) is 5.91 Å². The molecule has 24 heavy (non-hydrogen) atoms. The number of hydrogen-bond donors (Lipinski definition) is 1. The minimum Gasteiger partial charge on any atom is -0.493 e. The van der Waals surface area contributed by atoms with E-state index in [1.54, 1.807) is 7.11 Å². The number of amides is 1. The molecule has 2 fully saturated rings. The quantitative estimate of drug-likeness (QED) is 0.812. The topological polar surface area (TPSA) is 50.8 Å². The number of nitrogens with one attached hydrogen (secondary N) is 1. The number of fused-ring (bicyclic) bond motifs is 2. The third-order valence-electron chi connectivity index (χ3n) is 4.84. The smallest absolute Gasteiger partial charge is 0.260 e. The molecule has 1 amide bonds. The lowest BCUT2D eigenvalue weighted by Crippen LogP contribution is -2.41. The molecule has 0 saturated carbocycles. The van der Waals surface area contributed by atoms with Crippen LogP contribution in [0, 0.1) is 0 Å². The number of nitrogens with zero attached hydrogens (tertiary/aromatic N) is 1. The Morgan fingerprint density at radius 1 is 1.33 bits per heavy atom. The van der Waals surface area contributed by atoms with Crippen LogP contribution in [-0.4, -0.2) is 49.7 Å². The van der Waals surface area contributed by atoms with Gasteiger partial charge in [-0.05, 0) is 43.4 Å². The molecule has 1 aromatic rings. The van der Waals surface area contributed by atoms with Crippen molar-refractivity contribution in [3.8, 4) is 11.5 Å². The molecule has 2 aliphatic rings. The lowest BCUT2D eigenvalue weighted by molar-refractivity contribution is -0.133. The van der Waals surface area contributed by atoms with Crippen molar-refractivity contribution in [3.05, 3.63) is 36.4 Å². The summed E-state index contributed by atoms with van der Waals surface area (Å²) in [5, 5.41) is 3.59. The minimum atomic E-state index is 0.0431. The molecule has 5 heteroatoms. The van der Waals surface area contributed by atoms with Gasteiger partial charge in [-0.15, -0.1) is 6.58 Å². The highest BCUT2D eigenvalue weighted by molar-refractivity contribution is 5.78. The van der Waals surface area contributed by atoms with Gasteiger partial charge in [0.05, 0.1) is 7.11 Å². The molecule has 2 unspecified atom stereocenters. The van der Waals surface area contributed by atoms with E-state index < -0.39 is 0 Å². The largest absolute Gasteiger partial charge is 0.493 e. The van der Waals surface area contributed by atoms with Crippen LogP contribution in [0.4, 0.5) is 0 Å². The minimum absolute atomic E-state index is 0.0431. The molecule has 130 valence electrons. The van der Waals surface area contributed by atoms with Crippen molar-refractivity contribution in [3.63, 3.8) is 0 Å². The van der Waals surface area contributed by atoms with Gasteiger partial charge in [-0.1, -0.05) is 12.1 Å². The van der Waals surface area contributed by atoms with Gasteiger partial charge in [-0.2, -0.15) is 0 Å². The fourth-order valence-corrected chi connectivity index (χ4v) is 3.53. The van der Waals surface area contributed by atoms with Gasteiger partial charge in [0.15, 0.2) is 18.1 Å². The third kappa shape index (κ3) is 3.90. The van der Waals surface area contributed by atoms with Crippen molar-refractivity contribution in [2.24, 2.45) is 0 Å². The number of allylic oxidation sites excluding steroid dienone is 1. The first-order chi connectivity index (χ1) is 11.7. The first kappa shape index (κ1) is 16.8. The predicted molar refractivity (Wildman–Crippen MR) is 93.5 cm³/mol. The summed E-state index contributed by atoms with van der Waals surface area (Å²) >= 11 is 0. The van der Waals surface area contributed by atoms with Crippen molar-refractivity contribution < 1.29 is 14.3 Å². The molecule has 2 heterocycles. The molecule has 2 atom stereocenters. The molecule has 3 rings (SSSR count). The molecule has 2 bridgehead atoms. The van der Waals surface area contributed by atoms with Crippen molar-refractivity contribution in [1.82, 2.24) is 10.2 Å². The van der Waals surface area contributed by atoms with Crippen LogP contribution in [0.25, 0.3) is 0 Å². The van der Waals surface area contributed by atoms with Crippen molar-refractivity contribution in [2.45, 2.75) is 37.8 Å². The van der Waals surface area contributed by atoms with Gasteiger partial charge < -0.3 is 19.7 Å². The second-order valence-corrected chi connectivity index (χ2v) is 6.53. The number of carbonyl (C=O) groups excluding carboxylic acids is 1. The highest BCUT2D eigenvalue weighted by Gasteiger charge is 2.31. The Labute approximate surface area is 143 Å². The molecule has 0 aliphatic carbocycles. The van der Waals surface area contributed by atoms with Crippen LogP contribution in [-0.2, 0) is 11.2 Å². The summed E-state index contributed by atoms with van der Waals surface area (Å²) in [5.74, 6) is 1.30. The summed E-state index contributed by atoms with van der Waals surface area (Å²) in [4.78, 5) is 14.4. The maximum atomic E-state index is 12.5. The Bertz CT molecular complexity index is 602. The third-order valence-corrected chi connectivity index (χ3v) is 4.84. The maximum Gasteiger partial charge on any atom is 0.260 e. The summed E-state index contributed by atoms with van der Waals surface area (Å²) in [5.41, 5.74) is 1.11. The van der Waals surface area contributed by atoms with E-state index >= 15 is 0 Å². The Hall–Kier alpha value is -2.01. The lowest BCUT2D eigenvalue weighted by atomic mass is 10.1. The zero-order valence-corrected chi connectivity index (χ0v) is 14.3. The van der Waals surface area contributed by atoms with Gasteiger partial charge in [0, 0.05) is 25.2 Å². The maximum absolute atomic E-state index is 12.5. The van der Waals surface area contributed by atoms with E-state index in [1.165, 1.54) is 6.42 Å². The van der Waals surface area contributed by atoms with E-state index in [0.717, 1.165) is 37.9 Å². The van der Waals surface area contributed by atoms with Crippen molar-refractivity contribution >= 4 is 5.91 Å². The monoisotopic (exact) mass is 330 g/mol. The van der Waals surface area contributed by atoms with Crippen LogP contribution in [0.2, 0.25) is 0 Å². The number of likely N-dealkylation sites (tertiary alicyclic amines) is 1.